The Kier molecular flexibility index (Phi) is 6.64. The van der Waals surface area contributed by atoms with Crippen LogP contribution in [0.5, 0.6) is 0 Å². The first-order chi connectivity index (χ1) is 9.62. The maximum Gasteiger partial charge on any atom is 0.334 e. The minimum absolute atomic E-state index is 0.0212. The third-order valence-corrected chi connectivity index (χ3v) is 2.72. The van der Waals surface area contributed by atoms with Crippen LogP contribution in [0.15, 0.2) is 48.5 Å². The first-order valence-corrected chi connectivity index (χ1v) is 6.74. The molecule has 4 heteroatoms. The molecule has 0 bridgehead atoms. The van der Waals surface area contributed by atoms with Crippen LogP contribution in [-0.2, 0) is 19.0 Å². The molecular formula is C16H22O4. The van der Waals surface area contributed by atoms with Crippen LogP contribution < -0.4 is 0 Å². The summed E-state index contributed by atoms with van der Waals surface area (Å²) in [7, 11) is 0. The molecule has 1 heterocycles. The topological polar surface area (TPSA) is 44.8 Å². The van der Waals surface area contributed by atoms with Gasteiger partial charge in [0, 0.05) is 12.0 Å². The van der Waals surface area contributed by atoms with E-state index in [-0.39, 0.29) is 6.10 Å². The largest absolute Gasteiger partial charge is 0.491 e. The molecule has 0 radical (unpaired) electrons. The van der Waals surface area contributed by atoms with E-state index in [9.17, 15) is 4.79 Å². The molecule has 20 heavy (non-hydrogen) atoms. The van der Waals surface area contributed by atoms with E-state index in [2.05, 4.69) is 13.2 Å². The summed E-state index contributed by atoms with van der Waals surface area (Å²) in [6, 6.07) is 0. The molecule has 1 aliphatic rings. The second-order valence-corrected chi connectivity index (χ2v) is 4.40. The average molecular weight is 278 g/mol. The molecular weight excluding hydrogens is 256 g/mol. The predicted octanol–water partition coefficient (Wildman–Crippen LogP) is 3.28. The SMILES string of the molecule is C=CCC1=C(OC(C)CC=C)CO/C1=C\C(=O)OCC. The highest BCUT2D eigenvalue weighted by Gasteiger charge is 2.24. The Bertz CT molecular complexity index is 432. The summed E-state index contributed by atoms with van der Waals surface area (Å²) in [6.07, 6.45) is 6.28. The van der Waals surface area contributed by atoms with Crippen molar-refractivity contribution >= 4 is 5.97 Å². The van der Waals surface area contributed by atoms with Crippen LogP contribution in [0.3, 0.4) is 0 Å². The standard InChI is InChI=1S/C16H22O4/c1-5-8-12(4)20-15-11-19-14(13(15)9-6-2)10-16(17)18-7-3/h5-6,10,12H,1-2,7-9,11H2,3-4H3/b14-10-. The Hall–Kier alpha value is -1.97. The molecule has 110 valence electrons. The quantitative estimate of drug-likeness (QED) is 0.388. The number of hydrogen-bond acceptors (Lipinski definition) is 4. The molecule has 1 rings (SSSR count). The molecule has 0 fully saturated rings. The van der Waals surface area contributed by atoms with Gasteiger partial charge in [0.1, 0.15) is 18.1 Å². The lowest BCUT2D eigenvalue weighted by atomic mass is 10.1. The van der Waals surface area contributed by atoms with Crippen LogP contribution in [0.1, 0.15) is 26.7 Å². The van der Waals surface area contributed by atoms with Crippen molar-refractivity contribution in [2.45, 2.75) is 32.8 Å². The van der Waals surface area contributed by atoms with Gasteiger partial charge in [0.15, 0.2) is 0 Å². The summed E-state index contributed by atoms with van der Waals surface area (Å²) in [5.74, 6) is 0.836. The van der Waals surface area contributed by atoms with Gasteiger partial charge < -0.3 is 14.2 Å². The zero-order valence-corrected chi connectivity index (χ0v) is 12.2. The van der Waals surface area contributed by atoms with Crippen molar-refractivity contribution in [1.82, 2.24) is 0 Å². The second kappa shape index (κ2) is 8.25. The van der Waals surface area contributed by atoms with Crippen LogP contribution in [0, 0.1) is 0 Å². The lowest BCUT2D eigenvalue weighted by Crippen LogP contribution is -2.08. The summed E-state index contributed by atoms with van der Waals surface area (Å²) in [5, 5.41) is 0. The van der Waals surface area contributed by atoms with E-state index < -0.39 is 5.97 Å². The van der Waals surface area contributed by atoms with Crippen molar-refractivity contribution in [3.8, 4) is 0 Å². The molecule has 0 aromatic carbocycles. The monoisotopic (exact) mass is 278 g/mol. The molecule has 0 aromatic heterocycles. The molecule has 1 aliphatic heterocycles. The van der Waals surface area contributed by atoms with Crippen molar-refractivity contribution in [3.63, 3.8) is 0 Å². The van der Waals surface area contributed by atoms with Crippen LogP contribution in [-0.4, -0.2) is 25.3 Å². The third kappa shape index (κ3) is 4.61. The zero-order valence-electron chi connectivity index (χ0n) is 12.2. The minimum Gasteiger partial charge on any atom is -0.491 e. The molecule has 0 amide bonds. The number of esters is 1. The highest BCUT2D eigenvalue weighted by molar-refractivity contribution is 5.83. The van der Waals surface area contributed by atoms with Gasteiger partial charge in [-0.3, -0.25) is 0 Å². The summed E-state index contributed by atoms with van der Waals surface area (Å²) in [6.45, 7) is 11.8. The van der Waals surface area contributed by atoms with Gasteiger partial charge in [-0.25, -0.2) is 4.79 Å². The number of carbonyl (C=O) groups is 1. The number of hydrogen-bond donors (Lipinski definition) is 0. The van der Waals surface area contributed by atoms with Crippen molar-refractivity contribution < 1.29 is 19.0 Å². The average Bonchev–Trinajstić information content (AvgIpc) is 2.73. The van der Waals surface area contributed by atoms with Crippen molar-refractivity contribution in [2.24, 2.45) is 0 Å². The molecule has 0 N–H and O–H groups in total. The Morgan fingerprint density at radius 1 is 1.45 bits per heavy atom. The maximum atomic E-state index is 11.5. The molecule has 0 spiro atoms. The molecule has 4 nitrogen and oxygen atoms in total. The van der Waals surface area contributed by atoms with Crippen LogP contribution in [0.25, 0.3) is 0 Å². The van der Waals surface area contributed by atoms with Crippen molar-refractivity contribution in [2.75, 3.05) is 13.2 Å². The highest BCUT2D eigenvalue weighted by atomic mass is 16.6. The van der Waals surface area contributed by atoms with E-state index in [1.54, 1.807) is 13.0 Å². The van der Waals surface area contributed by atoms with Crippen molar-refractivity contribution in [1.29, 1.82) is 0 Å². The van der Waals surface area contributed by atoms with Gasteiger partial charge >= 0.3 is 5.97 Å². The molecule has 0 aromatic rings. The number of allylic oxidation sites excluding steroid dienone is 2. The Morgan fingerprint density at radius 3 is 2.80 bits per heavy atom. The highest BCUT2D eigenvalue weighted by Crippen LogP contribution is 2.29. The van der Waals surface area contributed by atoms with E-state index >= 15 is 0 Å². The predicted molar refractivity (Wildman–Crippen MR) is 77.9 cm³/mol. The summed E-state index contributed by atoms with van der Waals surface area (Å²) in [5.41, 5.74) is 0.851. The first kappa shape index (κ1) is 16.1. The smallest absolute Gasteiger partial charge is 0.334 e. The number of ether oxygens (including phenoxy) is 3. The lowest BCUT2D eigenvalue weighted by Gasteiger charge is -2.13. The fourth-order valence-corrected chi connectivity index (χ4v) is 1.86. The van der Waals surface area contributed by atoms with E-state index in [1.165, 1.54) is 6.08 Å². The van der Waals surface area contributed by atoms with Gasteiger partial charge in [-0.15, -0.1) is 13.2 Å². The molecule has 0 saturated heterocycles. The minimum atomic E-state index is -0.413. The van der Waals surface area contributed by atoms with Crippen molar-refractivity contribution in [3.05, 3.63) is 48.5 Å². The summed E-state index contributed by atoms with van der Waals surface area (Å²) >= 11 is 0. The summed E-state index contributed by atoms with van der Waals surface area (Å²) < 4.78 is 16.2. The van der Waals surface area contributed by atoms with E-state index in [1.807, 2.05) is 13.0 Å². The number of rotatable bonds is 8. The Balaban J connectivity index is 2.88. The van der Waals surface area contributed by atoms with Gasteiger partial charge in [0.25, 0.3) is 0 Å². The first-order valence-electron chi connectivity index (χ1n) is 6.74. The van der Waals surface area contributed by atoms with Gasteiger partial charge in [0.05, 0.1) is 18.8 Å². The van der Waals surface area contributed by atoms with Gasteiger partial charge in [-0.2, -0.15) is 0 Å². The Labute approximate surface area is 120 Å². The zero-order chi connectivity index (χ0) is 15.0. The lowest BCUT2D eigenvalue weighted by molar-refractivity contribution is -0.137. The fraction of sp³-hybridized carbons (Fsp3) is 0.438. The molecule has 0 saturated carbocycles. The molecule has 1 atom stereocenters. The van der Waals surface area contributed by atoms with Gasteiger partial charge in [-0.1, -0.05) is 12.2 Å². The normalized spacial score (nSPS) is 17.6. The van der Waals surface area contributed by atoms with Crippen LogP contribution in [0.4, 0.5) is 0 Å². The van der Waals surface area contributed by atoms with Crippen LogP contribution in [0.2, 0.25) is 0 Å². The fourth-order valence-electron chi connectivity index (χ4n) is 1.86. The van der Waals surface area contributed by atoms with E-state index in [4.69, 9.17) is 14.2 Å². The van der Waals surface area contributed by atoms with Gasteiger partial charge in [-0.05, 0) is 20.3 Å². The van der Waals surface area contributed by atoms with Crippen LogP contribution >= 0.6 is 0 Å². The molecule has 0 aliphatic carbocycles. The van der Waals surface area contributed by atoms with E-state index in [0.29, 0.717) is 25.4 Å². The third-order valence-electron chi connectivity index (χ3n) is 2.72. The maximum absolute atomic E-state index is 11.5. The molecule has 1 unspecified atom stereocenters. The van der Waals surface area contributed by atoms with E-state index in [0.717, 1.165) is 17.8 Å². The summed E-state index contributed by atoms with van der Waals surface area (Å²) in [4.78, 5) is 11.5. The van der Waals surface area contributed by atoms with Gasteiger partial charge in [0.2, 0.25) is 0 Å². The second-order valence-electron chi connectivity index (χ2n) is 4.40. The Morgan fingerprint density at radius 2 is 2.20 bits per heavy atom. The number of carbonyl (C=O) groups excluding carboxylic acids is 1.